The Morgan fingerprint density at radius 2 is 1.85 bits per heavy atom. The third-order valence-electron chi connectivity index (χ3n) is 5.37. The molecule has 0 radical (unpaired) electrons. The molecule has 0 saturated carbocycles. The van der Waals surface area contributed by atoms with E-state index in [1.54, 1.807) is 14.2 Å². The largest absolute Gasteiger partial charge is 0.507 e. The molecule has 2 aromatic rings. The Bertz CT molecular complexity index is 1080. The van der Waals surface area contributed by atoms with Crippen LogP contribution < -0.4 is 9.47 Å². The first-order chi connectivity index (χ1) is 15.9. The second kappa shape index (κ2) is 11.3. The van der Waals surface area contributed by atoms with E-state index in [0.29, 0.717) is 26.2 Å². The lowest BCUT2D eigenvalue weighted by molar-refractivity contribution is -0.132. The number of hydrogen-bond donors (Lipinski definition) is 2. The molecule has 7 heteroatoms. The number of aliphatic imine (C=N–C) groups is 1. The SMILES string of the molecule is COCCCOc1cc2c(cc1-c1ccc(OC)cc1)/C(C)=C/C(O)=C(C(=O)O)C=NCC2. The number of carboxylic acids is 1. The Morgan fingerprint density at radius 3 is 2.52 bits per heavy atom. The smallest absolute Gasteiger partial charge is 0.341 e. The number of aliphatic hydroxyl groups excluding tert-OH is 1. The van der Waals surface area contributed by atoms with Crippen LogP contribution in [0.4, 0.5) is 0 Å². The highest BCUT2D eigenvalue weighted by molar-refractivity contribution is 6.09. The molecule has 174 valence electrons. The van der Waals surface area contributed by atoms with Crippen molar-refractivity contribution in [2.75, 3.05) is 34.0 Å². The molecular formula is C26H29NO6. The Balaban J connectivity index is 2.12. The summed E-state index contributed by atoms with van der Waals surface area (Å²) in [5, 5.41) is 19.8. The molecule has 1 heterocycles. The number of benzene rings is 2. The van der Waals surface area contributed by atoms with E-state index in [-0.39, 0.29) is 11.3 Å². The summed E-state index contributed by atoms with van der Waals surface area (Å²) in [5.41, 5.74) is 4.27. The molecule has 2 aromatic carbocycles. The molecule has 0 spiro atoms. The number of aliphatic carboxylic acids is 1. The quantitative estimate of drug-likeness (QED) is 0.565. The minimum absolute atomic E-state index is 0.230. The lowest BCUT2D eigenvalue weighted by Gasteiger charge is -2.18. The summed E-state index contributed by atoms with van der Waals surface area (Å²) in [6.45, 7) is 3.35. The molecule has 0 bridgehead atoms. The zero-order chi connectivity index (χ0) is 23.8. The van der Waals surface area contributed by atoms with Crippen LogP contribution in [-0.4, -0.2) is 56.4 Å². The Morgan fingerprint density at radius 1 is 1.09 bits per heavy atom. The first kappa shape index (κ1) is 24.1. The van der Waals surface area contributed by atoms with Gasteiger partial charge in [-0.3, -0.25) is 4.99 Å². The molecule has 0 aromatic heterocycles. The molecular weight excluding hydrogens is 422 g/mol. The fourth-order valence-electron chi connectivity index (χ4n) is 3.63. The highest BCUT2D eigenvalue weighted by Crippen LogP contribution is 2.37. The predicted octanol–water partition coefficient (Wildman–Crippen LogP) is 4.70. The lowest BCUT2D eigenvalue weighted by atomic mass is 9.92. The van der Waals surface area contributed by atoms with Crippen LogP contribution >= 0.6 is 0 Å². The molecule has 33 heavy (non-hydrogen) atoms. The summed E-state index contributed by atoms with van der Waals surface area (Å²) in [4.78, 5) is 15.7. The molecule has 0 saturated heterocycles. The van der Waals surface area contributed by atoms with E-state index in [9.17, 15) is 15.0 Å². The van der Waals surface area contributed by atoms with Crippen molar-refractivity contribution in [3.63, 3.8) is 0 Å². The molecule has 1 aliphatic heterocycles. The van der Waals surface area contributed by atoms with Gasteiger partial charge < -0.3 is 24.4 Å². The van der Waals surface area contributed by atoms with Crippen molar-refractivity contribution in [1.29, 1.82) is 0 Å². The number of rotatable bonds is 8. The maximum absolute atomic E-state index is 11.5. The van der Waals surface area contributed by atoms with Crippen molar-refractivity contribution >= 4 is 17.8 Å². The number of methoxy groups -OCH3 is 2. The van der Waals surface area contributed by atoms with E-state index in [0.717, 1.165) is 45.7 Å². The van der Waals surface area contributed by atoms with Gasteiger partial charge in [-0.25, -0.2) is 4.79 Å². The van der Waals surface area contributed by atoms with Crippen LogP contribution in [0.2, 0.25) is 0 Å². The van der Waals surface area contributed by atoms with Crippen LogP contribution in [0.1, 0.15) is 24.5 Å². The molecule has 0 fully saturated rings. The van der Waals surface area contributed by atoms with Crippen molar-refractivity contribution in [1.82, 2.24) is 0 Å². The van der Waals surface area contributed by atoms with Gasteiger partial charge in [0, 0.05) is 38.5 Å². The molecule has 0 unspecified atom stereocenters. The van der Waals surface area contributed by atoms with Gasteiger partial charge in [0.2, 0.25) is 0 Å². The van der Waals surface area contributed by atoms with Crippen molar-refractivity contribution in [3.8, 4) is 22.6 Å². The molecule has 0 amide bonds. The molecule has 0 aliphatic carbocycles. The third kappa shape index (κ3) is 6.02. The summed E-state index contributed by atoms with van der Waals surface area (Å²) in [5.74, 6) is -0.0531. The number of nitrogens with zero attached hydrogens (tertiary/aromatic N) is 1. The van der Waals surface area contributed by atoms with E-state index >= 15 is 0 Å². The highest BCUT2D eigenvalue weighted by atomic mass is 16.5. The normalized spacial score (nSPS) is 15.4. The average Bonchev–Trinajstić information content (AvgIpc) is 2.81. The number of hydrogen-bond acceptors (Lipinski definition) is 6. The van der Waals surface area contributed by atoms with Crippen molar-refractivity contribution in [2.45, 2.75) is 19.8 Å². The maximum Gasteiger partial charge on any atom is 0.341 e. The fraction of sp³-hybridized carbons (Fsp3) is 0.308. The molecule has 3 rings (SSSR count). The Hall–Kier alpha value is -3.58. The summed E-state index contributed by atoms with van der Waals surface area (Å²) in [6.07, 6.45) is 4.04. The van der Waals surface area contributed by atoms with Crippen molar-refractivity contribution in [3.05, 3.63) is 64.9 Å². The highest BCUT2D eigenvalue weighted by Gasteiger charge is 2.17. The topological polar surface area (TPSA) is 97.6 Å². The first-order valence-electron chi connectivity index (χ1n) is 10.7. The molecule has 1 aliphatic rings. The Labute approximate surface area is 193 Å². The van der Waals surface area contributed by atoms with Gasteiger partial charge in [-0.05, 0) is 65.9 Å². The zero-order valence-electron chi connectivity index (χ0n) is 19.1. The monoisotopic (exact) mass is 451 g/mol. The molecule has 7 nitrogen and oxygen atoms in total. The number of carbonyl (C=O) groups is 1. The van der Waals surface area contributed by atoms with Gasteiger partial charge in [-0.2, -0.15) is 0 Å². The van der Waals surface area contributed by atoms with Gasteiger partial charge in [0.15, 0.2) is 0 Å². The van der Waals surface area contributed by atoms with E-state index in [4.69, 9.17) is 14.2 Å². The number of ether oxygens (including phenoxy) is 3. The van der Waals surface area contributed by atoms with Gasteiger partial charge in [0.1, 0.15) is 22.8 Å². The molecule has 0 atom stereocenters. The van der Waals surface area contributed by atoms with Crippen LogP contribution in [0, 0.1) is 0 Å². The average molecular weight is 452 g/mol. The van der Waals surface area contributed by atoms with Crippen molar-refractivity contribution < 1.29 is 29.2 Å². The lowest BCUT2D eigenvalue weighted by Crippen LogP contribution is -2.08. The van der Waals surface area contributed by atoms with Gasteiger partial charge in [0.05, 0.1) is 13.7 Å². The van der Waals surface area contributed by atoms with E-state index in [2.05, 4.69) is 4.99 Å². The number of carboxylic acid groups (broad SMARTS) is 1. The van der Waals surface area contributed by atoms with Crippen LogP contribution in [-0.2, 0) is 16.0 Å². The third-order valence-corrected chi connectivity index (χ3v) is 5.37. The van der Waals surface area contributed by atoms with Crippen LogP contribution in [0.15, 0.2) is 58.8 Å². The van der Waals surface area contributed by atoms with Gasteiger partial charge in [-0.1, -0.05) is 12.1 Å². The predicted molar refractivity (Wildman–Crippen MR) is 128 cm³/mol. The summed E-state index contributed by atoms with van der Waals surface area (Å²) in [7, 11) is 3.28. The number of fused-ring (bicyclic) bond motifs is 1. The van der Waals surface area contributed by atoms with Gasteiger partial charge >= 0.3 is 5.97 Å². The summed E-state index contributed by atoms with van der Waals surface area (Å²) >= 11 is 0. The fourth-order valence-corrected chi connectivity index (χ4v) is 3.63. The number of allylic oxidation sites excluding steroid dienone is 2. The Kier molecular flexibility index (Phi) is 8.27. The second-order valence-corrected chi connectivity index (χ2v) is 7.65. The van der Waals surface area contributed by atoms with Crippen molar-refractivity contribution in [2.24, 2.45) is 4.99 Å². The minimum Gasteiger partial charge on any atom is -0.507 e. The van der Waals surface area contributed by atoms with Gasteiger partial charge in [-0.15, -0.1) is 0 Å². The van der Waals surface area contributed by atoms with E-state index < -0.39 is 5.97 Å². The standard InChI is InChI=1S/C26H29NO6/c1-17-13-24(28)23(26(29)30)16-27-10-9-19-14-25(33-12-4-11-31-2)22(15-21(17)19)18-5-7-20(32-3)8-6-18/h5-8,13-16,28H,4,9-12H2,1-3H3,(H,29,30)/b17-13+,24-23?,27-16?. The number of aliphatic hydroxyl groups is 1. The first-order valence-corrected chi connectivity index (χ1v) is 10.7. The summed E-state index contributed by atoms with van der Waals surface area (Å²) < 4.78 is 16.6. The zero-order valence-corrected chi connectivity index (χ0v) is 19.1. The van der Waals surface area contributed by atoms with E-state index in [1.807, 2.05) is 43.3 Å². The summed E-state index contributed by atoms with van der Waals surface area (Å²) in [6, 6.07) is 11.7. The molecule has 2 N–H and O–H groups in total. The van der Waals surface area contributed by atoms with E-state index in [1.165, 1.54) is 12.3 Å². The van der Waals surface area contributed by atoms with Crippen LogP contribution in [0.5, 0.6) is 11.5 Å². The second-order valence-electron chi connectivity index (χ2n) is 7.65. The van der Waals surface area contributed by atoms with Gasteiger partial charge in [0.25, 0.3) is 0 Å². The minimum atomic E-state index is -1.22. The maximum atomic E-state index is 11.5. The van der Waals surface area contributed by atoms with Crippen LogP contribution in [0.3, 0.4) is 0 Å². The van der Waals surface area contributed by atoms with Crippen LogP contribution in [0.25, 0.3) is 16.7 Å².